The Labute approximate surface area is 116 Å². The third kappa shape index (κ3) is 3.25. The van der Waals surface area contributed by atoms with Gasteiger partial charge in [-0.15, -0.1) is 0 Å². The van der Waals surface area contributed by atoms with Crippen LogP contribution in [0.15, 0.2) is 24.3 Å². The fraction of sp³-hybridized carbons (Fsp3) is 0.500. The Bertz CT molecular complexity index is 480. The van der Waals surface area contributed by atoms with E-state index in [0.29, 0.717) is 18.7 Å². The van der Waals surface area contributed by atoms with Crippen molar-refractivity contribution in [2.45, 2.75) is 39.0 Å². The SMILES string of the molecule is CC(C)NC1CCN(c2ccccc2OC(F)F)C1=O. The van der Waals surface area contributed by atoms with Crippen LogP contribution in [0.1, 0.15) is 20.3 Å². The number of hydrogen-bond acceptors (Lipinski definition) is 3. The van der Waals surface area contributed by atoms with E-state index in [9.17, 15) is 13.6 Å². The zero-order valence-electron chi connectivity index (χ0n) is 11.5. The van der Waals surface area contributed by atoms with E-state index < -0.39 is 6.61 Å². The van der Waals surface area contributed by atoms with Gasteiger partial charge in [0.05, 0.1) is 11.7 Å². The Morgan fingerprint density at radius 2 is 2.05 bits per heavy atom. The van der Waals surface area contributed by atoms with Crippen molar-refractivity contribution in [1.82, 2.24) is 5.32 Å². The molecule has 1 aliphatic rings. The lowest BCUT2D eigenvalue weighted by molar-refractivity contribution is -0.119. The molecule has 1 atom stereocenters. The standard InChI is InChI=1S/C14H18F2N2O2/c1-9(2)17-10-7-8-18(13(10)19)11-5-3-4-6-12(11)20-14(15)16/h3-6,9-10,14,17H,7-8H2,1-2H3. The Kier molecular flexibility index (Phi) is 4.54. The number of carbonyl (C=O) groups is 1. The van der Waals surface area contributed by atoms with E-state index in [-0.39, 0.29) is 23.7 Å². The molecule has 6 heteroatoms. The number of hydrogen-bond donors (Lipinski definition) is 1. The normalized spacial score (nSPS) is 19.2. The molecule has 1 fully saturated rings. The second-order valence-electron chi connectivity index (χ2n) is 5.00. The Balaban J connectivity index is 2.18. The summed E-state index contributed by atoms with van der Waals surface area (Å²) < 4.78 is 29.3. The van der Waals surface area contributed by atoms with Gasteiger partial charge >= 0.3 is 6.61 Å². The molecule has 0 saturated carbocycles. The molecule has 1 N–H and O–H groups in total. The number of alkyl halides is 2. The predicted octanol–water partition coefficient (Wildman–Crippen LogP) is 2.39. The fourth-order valence-corrected chi connectivity index (χ4v) is 2.35. The average Bonchev–Trinajstić information content (AvgIpc) is 2.70. The van der Waals surface area contributed by atoms with Crippen molar-refractivity contribution in [3.63, 3.8) is 0 Å². The zero-order valence-corrected chi connectivity index (χ0v) is 11.5. The highest BCUT2D eigenvalue weighted by Gasteiger charge is 2.34. The molecule has 0 aliphatic carbocycles. The quantitative estimate of drug-likeness (QED) is 0.902. The molecule has 1 aliphatic heterocycles. The van der Waals surface area contributed by atoms with Crippen LogP contribution in [0.3, 0.4) is 0 Å². The molecule has 0 radical (unpaired) electrons. The van der Waals surface area contributed by atoms with Crippen LogP contribution >= 0.6 is 0 Å². The van der Waals surface area contributed by atoms with Gasteiger partial charge in [-0.1, -0.05) is 26.0 Å². The first-order chi connectivity index (χ1) is 9.49. The lowest BCUT2D eigenvalue weighted by Gasteiger charge is -2.21. The summed E-state index contributed by atoms with van der Waals surface area (Å²) in [6, 6.07) is 6.28. The highest BCUT2D eigenvalue weighted by molar-refractivity contribution is 6.00. The lowest BCUT2D eigenvalue weighted by Crippen LogP contribution is -2.41. The first-order valence-electron chi connectivity index (χ1n) is 6.60. The minimum absolute atomic E-state index is 0.0287. The van der Waals surface area contributed by atoms with E-state index in [1.54, 1.807) is 18.2 Å². The summed E-state index contributed by atoms with van der Waals surface area (Å²) in [7, 11) is 0. The van der Waals surface area contributed by atoms with E-state index in [0.717, 1.165) is 0 Å². The van der Waals surface area contributed by atoms with Gasteiger partial charge in [0.2, 0.25) is 5.91 Å². The van der Waals surface area contributed by atoms with Crippen LogP contribution in [-0.4, -0.2) is 31.1 Å². The number of nitrogens with one attached hydrogen (secondary N) is 1. The van der Waals surface area contributed by atoms with E-state index in [2.05, 4.69) is 10.1 Å². The first kappa shape index (κ1) is 14.7. The number of amides is 1. The molecule has 4 nitrogen and oxygen atoms in total. The third-order valence-electron chi connectivity index (χ3n) is 3.11. The van der Waals surface area contributed by atoms with Crippen molar-refractivity contribution in [1.29, 1.82) is 0 Å². The number of anilines is 1. The largest absolute Gasteiger partial charge is 0.433 e. The van der Waals surface area contributed by atoms with Crippen LogP contribution in [-0.2, 0) is 4.79 Å². The monoisotopic (exact) mass is 284 g/mol. The number of carbonyl (C=O) groups excluding carboxylic acids is 1. The molecule has 1 amide bonds. The summed E-state index contributed by atoms with van der Waals surface area (Å²) in [5.74, 6) is -0.0786. The molecule has 1 aromatic carbocycles. The van der Waals surface area contributed by atoms with E-state index in [1.807, 2.05) is 13.8 Å². The molecule has 1 saturated heterocycles. The van der Waals surface area contributed by atoms with E-state index in [1.165, 1.54) is 11.0 Å². The molecule has 1 heterocycles. The maximum atomic E-state index is 12.4. The molecule has 20 heavy (non-hydrogen) atoms. The molecule has 110 valence electrons. The molecule has 1 aromatic rings. The zero-order chi connectivity index (χ0) is 14.7. The van der Waals surface area contributed by atoms with Crippen molar-refractivity contribution < 1.29 is 18.3 Å². The van der Waals surface area contributed by atoms with Crippen LogP contribution < -0.4 is 15.0 Å². The summed E-state index contributed by atoms with van der Waals surface area (Å²) in [6.45, 7) is 1.51. The van der Waals surface area contributed by atoms with Crippen molar-refractivity contribution in [3.8, 4) is 5.75 Å². The Morgan fingerprint density at radius 3 is 2.70 bits per heavy atom. The van der Waals surface area contributed by atoms with Gasteiger partial charge < -0.3 is 15.0 Å². The minimum atomic E-state index is -2.90. The van der Waals surface area contributed by atoms with Gasteiger partial charge in [-0.2, -0.15) is 8.78 Å². The molecule has 0 aromatic heterocycles. The number of nitrogens with zero attached hydrogens (tertiary/aromatic N) is 1. The highest BCUT2D eigenvalue weighted by Crippen LogP contribution is 2.32. The van der Waals surface area contributed by atoms with Crippen LogP contribution in [0.25, 0.3) is 0 Å². The van der Waals surface area contributed by atoms with E-state index in [4.69, 9.17) is 0 Å². The van der Waals surface area contributed by atoms with Gasteiger partial charge in [0.1, 0.15) is 5.75 Å². The van der Waals surface area contributed by atoms with Gasteiger partial charge in [-0.25, -0.2) is 0 Å². The number of benzene rings is 1. The number of halogens is 2. The minimum Gasteiger partial charge on any atom is -0.433 e. The Morgan fingerprint density at radius 1 is 1.35 bits per heavy atom. The van der Waals surface area contributed by atoms with Crippen LogP contribution in [0.2, 0.25) is 0 Å². The topological polar surface area (TPSA) is 41.6 Å². The van der Waals surface area contributed by atoms with Gasteiger partial charge in [0, 0.05) is 12.6 Å². The second-order valence-corrected chi connectivity index (χ2v) is 5.00. The maximum Gasteiger partial charge on any atom is 0.387 e. The second kappa shape index (κ2) is 6.17. The summed E-state index contributed by atoms with van der Waals surface area (Å²) in [5, 5.41) is 3.17. The summed E-state index contributed by atoms with van der Waals surface area (Å²) >= 11 is 0. The summed E-state index contributed by atoms with van der Waals surface area (Å²) in [4.78, 5) is 13.8. The molecule has 1 unspecified atom stereocenters. The molecular weight excluding hydrogens is 266 g/mol. The maximum absolute atomic E-state index is 12.4. The van der Waals surface area contributed by atoms with Crippen LogP contribution in [0, 0.1) is 0 Å². The molecule has 0 bridgehead atoms. The summed E-state index contributed by atoms with van der Waals surface area (Å²) in [5.41, 5.74) is 0.394. The van der Waals surface area contributed by atoms with Crippen molar-refractivity contribution in [3.05, 3.63) is 24.3 Å². The van der Waals surface area contributed by atoms with Crippen molar-refractivity contribution >= 4 is 11.6 Å². The smallest absolute Gasteiger partial charge is 0.387 e. The van der Waals surface area contributed by atoms with Gasteiger partial charge in [0.15, 0.2) is 0 Å². The van der Waals surface area contributed by atoms with Crippen LogP contribution in [0.5, 0.6) is 5.75 Å². The lowest BCUT2D eigenvalue weighted by atomic mass is 10.2. The van der Waals surface area contributed by atoms with Crippen LogP contribution in [0.4, 0.5) is 14.5 Å². The van der Waals surface area contributed by atoms with Crippen molar-refractivity contribution in [2.75, 3.05) is 11.4 Å². The first-order valence-corrected chi connectivity index (χ1v) is 6.60. The predicted molar refractivity (Wildman–Crippen MR) is 72.1 cm³/mol. The number of rotatable bonds is 5. The molecule has 0 spiro atoms. The van der Waals surface area contributed by atoms with E-state index >= 15 is 0 Å². The fourth-order valence-electron chi connectivity index (χ4n) is 2.35. The van der Waals surface area contributed by atoms with Gasteiger partial charge in [-0.3, -0.25) is 4.79 Å². The highest BCUT2D eigenvalue weighted by atomic mass is 19.3. The average molecular weight is 284 g/mol. The molecule has 2 rings (SSSR count). The van der Waals surface area contributed by atoms with Gasteiger partial charge in [0.25, 0.3) is 0 Å². The Hall–Kier alpha value is -1.69. The van der Waals surface area contributed by atoms with Crippen molar-refractivity contribution in [2.24, 2.45) is 0 Å². The molecular formula is C14H18F2N2O2. The third-order valence-corrected chi connectivity index (χ3v) is 3.11. The number of ether oxygens (including phenoxy) is 1. The van der Waals surface area contributed by atoms with Gasteiger partial charge in [-0.05, 0) is 18.6 Å². The number of para-hydroxylation sites is 2. The summed E-state index contributed by atoms with van der Waals surface area (Å²) in [6.07, 6.45) is 0.653.